The van der Waals surface area contributed by atoms with Crippen LogP contribution in [0.15, 0.2) is 45.9 Å². The first-order valence-electron chi connectivity index (χ1n) is 5.38. The van der Waals surface area contributed by atoms with E-state index in [1.165, 1.54) is 0 Å². The molecule has 0 amide bonds. The summed E-state index contributed by atoms with van der Waals surface area (Å²) < 4.78 is 5.20. The average Bonchev–Trinajstić information content (AvgIpc) is 2.72. The van der Waals surface area contributed by atoms with Crippen molar-refractivity contribution in [2.75, 3.05) is 11.5 Å². The zero-order valence-corrected chi connectivity index (χ0v) is 10.4. The average molecular weight is 249 g/mol. The van der Waals surface area contributed by atoms with E-state index in [1.807, 2.05) is 31.2 Å². The summed E-state index contributed by atoms with van der Waals surface area (Å²) in [4.78, 5) is 1.05. The molecule has 0 saturated carbocycles. The molecular formula is C13H15NO2S. The van der Waals surface area contributed by atoms with Gasteiger partial charge in [0.05, 0.1) is 12.4 Å². The number of benzene rings is 1. The highest BCUT2D eigenvalue weighted by Crippen LogP contribution is 2.29. The van der Waals surface area contributed by atoms with Crippen LogP contribution in [0.5, 0.6) is 0 Å². The van der Waals surface area contributed by atoms with Crippen molar-refractivity contribution in [1.29, 1.82) is 0 Å². The smallest absolute Gasteiger partial charge is 0.114 e. The molecule has 1 heterocycles. The van der Waals surface area contributed by atoms with E-state index in [0.717, 1.165) is 16.2 Å². The second kappa shape index (κ2) is 5.29. The van der Waals surface area contributed by atoms with Crippen LogP contribution in [-0.4, -0.2) is 10.9 Å². The Morgan fingerprint density at radius 1 is 1.35 bits per heavy atom. The van der Waals surface area contributed by atoms with Gasteiger partial charge in [-0.1, -0.05) is 18.2 Å². The van der Waals surface area contributed by atoms with Crippen LogP contribution in [0, 0.1) is 6.92 Å². The Morgan fingerprint density at radius 2 is 2.12 bits per heavy atom. The number of aliphatic hydroxyl groups is 1. The summed E-state index contributed by atoms with van der Waals surface area (Å²) in [7, 11) is 0. The molecule has 3 nitrogen and oxygen atoms in total. The predicted molar refractivity (Wildman–Crippen MR) is 70.0 cm³/mol. The van der Waals surface area contributed by atoms with Gasteiger partial charge in [-0.05, 0) is 19.1 Å². The molecule has 3 N–H and O–H groups in total. The first-order valence-corrected chi connectivity index (χ1v) is 6.36. The number of nitrogens with two attached hydrogens (primary N) is 1. The second-order valence-electron chi connectivity index (χ2n) is 3.80. The molecule has 0 saturated heterocycles. The first kappa shape index (κ1) is 12.1. The maximum atomic E-state index is 10.1. The normalized spacial score (nSPS) is 12.6. The fourth-order valence-electron chi connectivity index (χ4n) is 1.60. The predicted octanol–water partition coefficient (Wildman–Crippen LogP) is 3.00. The largest absolute Gasteiger partial charge is 0.468 e. The third-order valence-electron chi connectivity index (χ3n) is 2.56. The van der Waals surface area contributed by atoms with Crippen LogP contribution in [0.25, 0.3) is 0 Å². The number of anilines is 1. The van der Waals surface area contributed by atoms with Gasteiger partial charge in [0, 0.05) is 21.9 Å². The Bertz CT molecular complexity index is 496. The van der Waals surface area contributed by atoms with Gasteiger partial charge >= 0.3 is 0 Å². The molecule has 0 aliphatic heterocycles. The Labute approximate surface area is 105 Å². The molecule has 2 aromatic rings. The standard InChI is InChI=1S/C13H15NO2S/c1-9-13(6-7-16-9)17-8-12(15)10-4-2-3-5-11(10)14/h2-7,12,15H,8,14H2,1H3. The maximum Gasteiger partial charge on any atom is 0.114 e. The van der Waals surface area contributed by atoms with E-state index in [9.17, 15) is 5.11 Å². The van der Waals surface area contributed by atoms with Crippen LogP contribution in [-0.2, 0) is 0 Å². The fraction of sp³-hybridized carbons (Fsp3) is 0.231. The van der Waals surface area contributed by atoms with Gasteiger partial charge in [0.2, 0.25) is 0 Å². The number of para-hydroxylation sites is 1. The van der Waals surface area contributed by atoms with Crippen molar-refractivity contribution in [3.05, 3.63) is 47.9 Å². The van der Waals surface area contributed by atoms with Gasteiger partial charge in [0.1, 0.15) is 5.76 Å². The second-order valence-corrected chi connectivity index (χ2v) is 4.86. The summed E-state index contributed by atoms with van der Waals surface area (Å²) in [5.41, 5.74) is 7.22. The maximum absolute atomic E-state index is 10.1. The van der Waals surface area contributed by atoms with Crippen molar-refractivity contribution < 1.29 is 9.52 Å². The Morgan fingerprint density at radius 3 is 2.76 bits per heavy atom. The zero-order valence-electron chi connectivity index (χ0n) is 9.59. The number of rotatable bonds is 4. The molecule has 90 valence electrons. The Hall–Kier alpha value is -1.39. The molecule has 1 aromatic heterocycles. The molecule has 4 heteroatoms. The number of hydrogen-bond acceptors (Lipinski definition) is 4. The van der Waals surface area contributed by atoms with Crippen molar-refractivity contribution in [2.24, 2.45) is 0 Å². The van der Waals surface area contributed by atoms with Crippen molar-refractivity contribution >= 4 is 17.4 Å². The third kappa shape index (κ3) is 2.84. The van der Waals surface area contributed by atoms with Gasteiger partial charge in [0.15, 0.2) is 0 Å². The van der Waals surface area contributed by atoms with Crippen LogP contribution in [0.3, 0.4) is 0 Å². The summed E-state index contributed by atoms with van der Waals surface area (Å²) in [6.45, 7) is 1.91. The van der Waals surface area contributed by atoms with E-state index in [4.69, 9.17) is 10.2 Å². The molecule has 0 radical (unpaired) electrons. The van der Waals surface area contributed by atoms with Gasteiger partial charge < -0.3 is 15.3 Å². The fourth-order valence-corrected chi connectivity index (χ4v) is 2.52. The molecule has 0 aliphatic carbocycles. The highest BCUT2D eigenvalue weighted by atomic mass is 32.2. The minimum absolute atomic E-state index is 0.560. The molecule has 2 rings (SSSR count). The first-order chi connectivity index (χ1) is 8.18. The summed E-state index contributed by atoms with van der Waals surface area (Å²) >= 11 is 1.57. The topological polar surface area (TPSA) is 59.4 Å². The van der Waals surface area contributed by atoms with Crippen LogP contribution in [0.2, 0.25) is 0 Å². The highest BCUT2D eigenvalue weighted by molar-refractivity contribution is 7.99. The molecule has 0 spiro atoms. The molecule has 1 unspecified atom stereocenters. The monoisotopic (exact) mass is 249 g/mol. The molecule has 1 atom stereocenters. The number of thioether (sulfide) groups is 1. The van der Waals surface area contributed by atoms with E-state index in [0.29, 0.717) is 11.4 Å². The van der Waals surface area contributed by atoms with Crippen LogP contribution < -0.4 is 5.73 Å². The number of aliphatic hydroxyl groups excluding tert-OH is 1. The van der Waals surface area contributed by atoms with Gasteiger partial charge in [-0.25, -0.2) is 0 Å². The van der Waals surface area contributed by atoms with Gasteiger partial charge in [-0.2, -0.15) is 0 Å². The lowest BCUT2D eigenvalue weighted by Gasteiger charge is -2.12. The summed E-state index contributed by atoms with van der Waals surface area (Å²) in [6.07, 6.45) is 1.09. The molecule has 0 aliphatic rings. The van der Waals surface area contributed by atoms with E-state index in [1.54, 1.807) is 24.1 Å². The van der Waals surface area contributed by atoms with Gasteiger partial charge in [0.25, 0.3) is 0 Å². The minimum atomic E-state index is -0.560. The molecular weight excluding hydrogens is 234 g/mol. The lowest BCUT2D eigenvalue weighted by atomic mass is 10.1. The van der Waals surface area contributed by atoms with E-state index < -0.39 is 6.10 Å². The highest BCUT2D eigenvalue weighted by Gasteiger charge is 2.12. The Balaban J connectivity index is 2.01. The van der Waals surface area contributed by atoms with Crippen molar-refractivity contribution in [3.63, 3.8) is 0 Å². The van der Waals surface area contributed by atoms with Crippen LogP contribution >= 0.6 is 11.8 Å². The minimum Gasteiger partial charge on any atom is -0.468 e. The lowest BCUT2D eigenvalue weighted by Crippen LogP contribution is -2.04. The van der Waals surface area contributed by atoms with Crippen LogP contribution in [0.1, 0.15) is 17.4 Å². The van der Waals surface area contributed by atoms with Gasteiger partial charge in [-0.15, -0.1) is 11.8 Å². The zero-order chi connectivity index (χ0) is 12.3. The SMILES string of the molecule is Cc1occc1SCC(O)c1ccccc1N. The summed E-state index contributed by atoms with van der Waals surface area (Å²) in [6, 6.07) is 9.29. The Kier molecular flexibility index (Phi) is 3.76. The van der Waals surface area contributed by atoms with Crippen molar-refractivity contribution in [1.82, 2.24) is 0 Å². The van der Waals surface area contributed by atoms with E-state index in [2.05, 4.69) is 0 Å². The molecule has 17 heavy (non-hydrogen) atoms. The summed E-state index contributed by atoms with van der Waals surface area (Å²) in [5.74, 6) is 1.44. The third-order valence-corrected chi connectivity index (χ3v) is 3.78. The van der Waals surface area contributed by atoms with E-state index in [-0.39, 0.29) is 0 Å². The molecule has 0 bridgehead atoms. The lowest BCUT2D eigenvalue weighted by molar-refractivity contribution is 0.205. The molecule has 1 aromatic carbocycles. The van der Waals surface area contributed by atoms with Crippen molar-refractivity contribution in [2.45, 2.75) is 17.9 Å². The van der Waals surface area contributed by atoms with Gasteiger partial charge in [-0.3, -0.25) is 0 Å². The number of furan rings is 1. The number of hydrogen-bond donors (Lipinski definition) is 2. The number of aryl methyl sites for hydroxylation is 1. The number of nitrogen functional groups attached to an aromatic ring is 1. The molecule has 0 fully saturated rings. The van der Waals surface area contributed by atoms with Crippen molar-refractivity contribution in [3.8, 4) is 0 Å². The van der Waals surface area contributed by atoms with Crippen LogP contribution in [0.4, 0.5) is 5.69 Å². The summed E-state index contributed by atoms with van der Waals surface area (Å²) in [5, 5.41) is 10.1. The quantitative estimate of drug-likeness (QED) is 0.646. The van der Waals surface area contributed by atoms with E-state index >= 15 is 0 Å².